The fraction of sp³-hybridized carbons (Fsp3) is 0.0952. The summed E-state index contributed by atoms with van der Waals surface area (Å²) in [5.41, 5.74) is 2.58. The third-order valence-electron chi connectivity index (χ3n) is 3.87. The Morgan fingerprint density at radius 1 is 1.04 bits per heavy atom. The number of amides is 2. The van der Waals surface area contributed by atoms with E-state index in [2.05, 4.69) is 15.7 Å². The molecule has 2 amide bonds. The second kappa shape index (κ2) is 9.01. The van der Waals surface area contributed by atoms with Gasteiger partial charge in [0.2, 0.25) is 11.8 Å². The number of nitrogens with one attached hydrogen (secondary N) is 2. The highest BCUT2D eigenvalue weighted by Gasteiger charge is 2.06. The van der Waals surface area contributed by atoms with E-state index in [1.165, 1.54) is 13.0 Å². The van der Waals surface area contributed by atoms with Gasteiger partial charge >= 0.3 is 0 Å². The molecule has 0 bridgehead atoms. The molecule has 2 N–H and O–H groups in total. The molecule has 0 saturated heterocycles. The van der Waals surface area contributed by atoms with Gasteiger partial charge in [-0.25, -0.2) is 4.68 Å². The maximum absolute atomic E-state index is 12.2. The normalized spacial score (nSPS) is 10.8. The topological polar surface area (TPSA) is 76.0 Å². The Bertz CT molecular complexity index is 992. The molecular weight excluding hydrogens is 376 g/mol. The summed E-state index contributed by atoms with van der Waals surface area (Å²) >= 11 is 5.90. The zero-order valence-electron chi connectivity index (χ0n) is 15.2. The minimum atomic E-state index is -0.260. The standard InChI is InChI=1S/C21H19ClN4O2/c1-15(27)24-19-9-4-16(5-10-19)6-11-21(28)25-20-12-13-23-26(20)14-17-2-7-18(22)8-3-17/h2-13H,14H2,1H3,(H,24,27)(H,25,28)/b11-6+. The molecular formula is C21H19ClN4O2. The number of hydrogen-bond acceptors (Lipinski definition) is 3. The summed E-state index contributed by atoms with van der Waals surface area (Å²) in [4.78, 5) is 23.3. The van der Waals surface area contributed by atoms with Gasteiger partial charge in [-0.15, -0.1) is 0 Å². The van der Waals surface area contributed by atoms with Crippen molar-refractivity contribution in [2.45, 2.75) is 13.5 Å². The number of halogens is 1. The van der Waals surface area contributed by atoms with Crippen LogP contribution in [0.2, 0.25) is 5.02 Å². The molecule has 0 saturated carbocycles. The SMILES string of the molecule is CC(=O)Nc1ccc(/C=C/C(=O)Nc2ccnn2Cc2ccc(Cl)cc2)cc1. The van der Waals surface area contributed by atoms with Crippen LogP contribution in [0.3, 0.4) is 0 Å². The van der Waals surface area contributed by atoms with Crippen molar-refractivity contribution in [3.63, 3.8) is 0 Å². The van der Waals surface area contributed by atoms with Crippen molar-refractivity contribution in [2.24, 2.45) is 0 Å². The maximum atomic E-state index is 12.2. The molecule has 1 heterocycles. The molecule has 0 unspecified atom stereocenters. The smallest absolute Gasteiger partial charge is 0.249 e. The molecule has 0 fully saturated rings. The number of nitrogens with zero attached hydrogens (tertiary/aromatic N) is 2. The van der Waals surface area contributed by atoms with E-state index in [-0.39, 0.29) is 11.8 Å². The van der Waals surface area contributed by atoms with Crippen LogP contribution >= 0.6 is 11.6 Å². The molecule has 0 radical (unpaired) electrons. The summed E-state index contributed by atoms with van der Waals surface area (Å²) < 4.78 is 1.71. The van der Waals surface area contributed by atoms with Crippen molar-refractivity contribution in [3.8, 4) is 0 Å². The zero-order valence-corrected chi connectivity index (χ0v) is 16.0. The van der Waals surface area contributed by atoms with Gasteiger partial charge in [-0.05, 0) is 41.5 Å². The summed E-state index contributed by atoms with van der Waals surface area (Å²) in [5, 5.41) is 10.4. The molecule has 0 aliphatic rings. The molecule has 2 aromatic carbocycles. The summed E-state index contributed by atoms with van der Waals surface area (Å²) in [6.07, 6.45) is 4.79. The van der Waals surface area contributed by atoms with Crippen molar-refractivity contribution in [3.05, 3.63) is 83.0 Å². The van der Waals surface area contributed by atoms with E-state index < -0.39 is 0 Å². The van der Waals surface area contributed by atoms with Crippen LogP contribution in [-0.2, 0) is 16.1 Å². The molecule has 0 aliphatic carbocycles. The summed E-state index contributed by atoms with van der Waals surface area (Å²) in [5.74, 6) is 0.215. The predicted molar refractivity (Wildman–Crippen MR) is 111 cm³/mol. The molecule has 0 spiro atoms. The van der Waals surface area contributed by atoms with Crippen molar-refractivity contribution < 1.29 is 9.59 Å². The molecule has 142 valence electrons. The lowest BCUT2D eigenvalue weighted by molar-refractivity contribution is -0.114. The van der Waals surface area contributed by atoms with Crippen molar-refractivity contribution in [1.82, 2.24) is 9.78 Å². The van der Waals surface area contributed by atoms with Gasteiger partial charge in [0.1, 0.15) is 5.82 Å². The fourth-order valence-electron chi connectivity index (χ4n) is 2.55. The molecule has 3 aromatic rings. The van der Waals surface area contributed by atoms with Crippen LogP contribution in [0.4, 0.5) is 11.5 Å². The van der Waals surface area contributed by atoms with E-state index in [1.807, 2.05) is 36.4 Å². The Labute approximate surface area is 167 Å². The van der Waals surface area contributed by atoms with Crippen LogP contribution in [0.15, 0.2) is 66.9 Å². The van der Waals surface area contributed by atoms with Crippen LogP contribution in [-0.4, -0.2) is 21.6 Å². The predicted octanol–water partition coefficient (Wildman–Crippen LogP) is 4.20. The van der Waals surface area contributed by atoms with Gasteiger partial charge in [0.25, 0.3) is 0 Å². The zero-order chi connectivity index (χ0) is 19.9. The second-order valence-corrected chi connectivity index (χ2v) is 6.56. The fourth-order valence-corrected chi connectivity index (χ4v) is 2.67. The third kappa shape index (κ3) is 5.56. The minimum Gasteiger partial charge on any atom is -0.326 e. The number of carbonyl (C=O) groups excluding carboxylic acids is 2. The lowest BCUT2D eigenvalue weighted by Crippen LogP contribution is -2.13. The number of carbonyl (C=O) groups is 2. The van der Waals surface area contributed by atoms with E-state index >= 15 is 0 Å². The molecule has 1 aromatic heterocycles. The van der Waals surface area contributed by atoms with E-state index in [0.717, 1.165) is 11.1 Å². The van der Waals surface area contributed by atoms with E-state index in [0.29, 0.717) is 23.1 Å². The van der Waals surface area contributed by atoms with Crippen LogP contribution < -0.4 is 10.6 Å². The average molecular weight is 395 g/mol. The molecule has 7 heteroatoms. The Hall–Kier alpha value is -3.38. The van der Waals surface area contributed by atoms with E-state index in [9.17, 15) is 9.59 Å². The largest absolute Gasteiger partial charge is 0.326 e. The van der Waals surface area contributed by atoms with Gasteiger partial charge in [-0.1, -0.05) is 35.9 Å². The van der Waals surface area contributed by atoms with Gasteiger partial charge < -0.3 is 10.6 Å². The van der Waals surface area contributed by atoms with Gasteiger partial charge in [-0.3, -0.25) is 9.59 Å². The number of hydrogen-bond donors (Lipinski definition) is 2. The summed E-state index contributed by atoms with van der Waals surface area (Å²) in [7, 11) is 0. The van der Waals surface area contributed by atoms with Gasteiger partial charge in [0, 0.05) is 29.8 Å². The molecule has 28 heavy (non-hydrogen) atoms. The number of aromatic nitrogens is 2. The van der Waals surface area contributed by atoms with E-state index in [4.69, 9.17) is 11.6 Å². The molecule has 6 nitrogen and oxygen atoms in total. The Morgan fingerprint density at radius 2 is 1.75 bits per heavy atom. The summed E-state index contributed by atoms with van der Waals surface area (Å²) in [6, 6.07) is 16.4. The highest BCUT2D eigenvalue weighted by atomic mass is 35.5. The van der Waals surface area contributed by atoms with Gasteiger partial charge in [0.15, 0.2) is 0 Å². The quantitative estimate of drug-likeness (QED) is 0.615. The molecule has 0 atom stereocenters. The van der Waals surface area contributed by atoms with Crippen molar-refractivity contribution in [1.29, 1.82) is 0 Å². The first-order valence-corrected chi connectivity index (χ1v) is 9.00. The monoisotopic (exact) mass is 394 g/mol. The number of benzene rings is 2. The number of anilines is 2. The van der Waals surface area contributed by atoms with Crippen LogP contribution in [0.1, 0.15) is 18.1 Å². The first-order valence-electron chi connectivity index (χ1n) is 8.62. The third-order valence-corrected chi connectivity index (χ3v) is 4.12. The maximum Gasteiger partial charge on any atom is 0.249 e. The highest BCUT2D eigenvalue weighted by Crippen LogP contribution is 2.14. The highest BCUT2D eigenvalue weighted by molar-refractivity contribution is 6.30. The van der Waals surface area contributed by atoms with Crippen LogP contribution in [0.5, 0.6) is 0 Å². The summed E-state index contributed by atoms with van der Waals surface area (Å²) in [6.45, 7) is 1.98. The second-order valence-electron chi connectivity index (χ2n) is 6.13. The van der Waals surface area contributed by atoms with Gasteiger partial charge in [-0.2, -0.15) is 5.10 Å². The first-order chi connectivity index (χ1) is 13.5. The lowest BCUT2D eigenvalue weighted by atomic mass is 10.2. The average Bonchev–Trinajstić information content (AvgIpc) is 3.09. The Morgan fingerprint density at radius 3 is 2.43 bits per heavy atom. The van der Waals surface area contributed by atoms with Crippen LogP contribution in [0.25, 0.3) is 6.08 Å². The minimum absolute atomic E-state index is 0.127. The van der Waals surface area contributed by atoms with Crippen molar-refractivity contribution in [2.75, 3.05) is 10.6 Å². The molecule has 0 aliphatic heterocycles. The Balaban J connectivity index is 1.60. The van der Waals surface area contributed by atoms with E-state index in [1.54, 1.807) is 35.2 Å². The lowest BCUT2D eigenvalue weighted by Gasteiger charge is -2.08. The number of rotatable bonds is 6. The van der Waals surface area contributed by atoms with Crippen molar-refractivity contribution >= 4 is 41.0 Å². The molecule has 3 rings (SSSR count). The Kier molecular flexibility index (Phi) is 6.24. The van der Waals surface area contributed by atoms with Crippen LogP contribution in [0, 0.1) is 0 Å². The first kappa shape index (κ1) is 19.4. The van der Waals surface area contributed by atoms with Gasteiger partial charge in [0.05, 0.1) is 12.7 Å².